The highest BCUT2D eigenvalue weighted by atomic mass is 32.2. The summed E-state index contributed by atoms with van der Waals surface area (Å²) in [7, 11) is -4.60. The monoisotopic (exact) mass is 278 g/mol. The first-order chi connectivity index (χ1) is 7.91. The summed E-state index contributed by atoms with van der Waals surface area (Å²) in [6, 6.07) is 0. The number of hydrogen-bond donors (Lipinski definition) is 3. The number of rotatable bonds is 3. The van der Waals surface area contributed by atoms with E-state index >= 15 is 0 Å². The van der Waals surface area contributed by atoms with Crippen LogP contribution in [0.3, 0.4) is 0 Å². The number of aliphatic carboxylic acids is 2. The third kappa shape index (κ3) is 2.54. The molecule has 1 aliphatic carbocycles. The summed E-state index contributed by atoms with van der Waals surface area (Å²) in [4.78, 5) is 21.7. The van der Waals surface area contributed by atoms with Crippen LogP contribution in [-0.2, 0) is 19.7 Å². The Kier molecular flexibility index (Phi) is 3.30. The zero-order valence-electron chi connectivity index (χ0n) is 9.87. The number of allylic oxidation sites excluding steroid dienone is 1. The number of carboxylic acids is 2. The van der Waals surface area contributed by atoms with Crippen LogP contribution < -0.4 is 0 Å². The van der Waals surface area contributed by atoms with Crippen molar-refractivity contribution in [1.82, 2.24) is 0 Å². The second-order valence-corrected chi connectivity index (χ2v) is 6.50. The molecule has 0 saturated carbocycles. The van der Waals surface area contributed by atoms with Gasteiger partial charge in [0.05, 0.1) is 15.7 Å². The van der Waals surface area contributed by atoms with E-state index in [0.29, 0.717) is 0 Å². The molecule has 0 aromatic rings. The average Bonchev–Trinajstić information content (AvgIpc) is 2.14. The Morgan fingerprint density at radius 2 is 1.72 bits per heavy atom. The molecule has 8 heteroatoms. The molecule has 2 unspecified atom stereocenters. The fraction of sp³-hybridized carbons (Fsp3) is 0.600. The molecule has 18 heavy (non-hydrogen) atoms. The number of hydrogen-bond acceptors (Lipinski definition) is 4. The minimum absolute atomic E-state index is 0.246. The largest absolute Gasteiger partial charge is 0.481 e. The van der Waals surface area contributed by atoms with E-state index in [1.54, 1.807) is 0 Å². The van der Waals surface area contributed by atoms with E-state index in [1.807, 2.05) is 0 Å². The highest BCUT2D eigenvalue weighted by Crippen LogP contribution is 2.46. The van der Waals surface area contributed by atoms with Gasteiger partial charge in [-0.2, -0.15) is 8.42 Å². The second kappa shape index (κ2) is 4.06. The molecular formula is C10H14O7S. The Labute approximate surface area is 104 Å². The van der Waals surface area contributed by atoms with Gasteiger partial charge in [-0.15, -0.1) is 0 Å². The summed E-state index contributed by atoms with van der Waals surface area (Å²) >= 11 is 0. The first-order valence-electron chi connectivity index (χ1n) is 5.07. The Bertz CT molecular complexity index is 532. The van der Waals surface area contributed by atoms with Gasteiger partial charge in [0.1, 0.15) is 0 Å². The molecule has 0 spiro atoms. The molecule has 0 fully saturated rings. The Balaban J connectivity index is 3.43. The van der Waals surface area contributed by atoms with Crippen molar-refractivity contribution < 1.29 is 32.8 Å². The van der Waals surface area contributed by atoms with Crippen molar-refractivity contribution in [3.63, 3.8) is 0 Å². The van der Waals surface area contributed by atoms with Crippen molar-refractivity contribution in [2.24, 2.45) is 10.8 Å². The third-order valence-electron chi connectivity index (χ3n) is 3.14. The van der Waals surface area contributed by atoms with Crippen molar-refractivity contribution >= 4 is 22.1 Å². The van der Waals surface area contributed by atoms with Gasteiger partial charge in [-0.05, 0) is 20.3 Å². The van der Waals surface area contributed by atoms with Crippen LogP contribution in [0.25, 0.3) is 0 Å². The van der Waals surface area contributed by atoms with Gasteiger partial charge in [0.25, 0.3) is 10.1 Å². The normalized spacial score (nSPS) is 32.7. The summed E-state index contributed by atoms with van der Waals surface area (Å²) in [6.07, 6.45) is 0.239. The van der Waals surface area contributed by atoms with Crippen molar-refractivity contribution in [3.8, 4) is 0 Å². The van der Waals surface area contributed by atoms with Gasteiger partial charge in [0.2, 0.25) is 0 Å². The molecule has 1 rings (SSSR count). The molecule has 0 heterocycles. The van der Waals surface area contributed by atoms with Crippen molar-refractivity contribution in [2.75, 3.05) is 0 Å². The lowest BCUT2D eigenvalue weighted by Crippen LogP contribution is -2.42. The minimum Gasteiger partial charge on any atom is -0.481 e. The molecule has 0 saturated heterocycles. The Morgan fingerprint density at radius 1 is 1.22 bits per heavy atom. The SMILES string of the molecule is CC1(C(=O)O)C=C(S(=O)(=O)O)CC(C)(C(=O)O)C1. The molecule has 102 valence electrons. The van der Waals surface area contributed by atoms with Crippen molar-refractivity contribution in [1.29, 1.82) is 0 Å². The summed E-state index contributed by atoms with van der Waals surface area (Å²) in [5.74, 6) is -2.64. The third-order valence-corrected chi connectivity index (χ3v) is 4.06. The molecule has 1 aliphatic rings. The first kappa shape index (κ1) is 14.7. The van der Waals surface area contributed by atoms with E-state index in [-0.39, 0.29) is 6.42 Å². The maximum atomic E-state index is 11.2. The van der Waals surface area contributed by atoms with E-state index in [1.165, 1.54) is 13.8 Å². The lowest BCUT2D eigenvalue weighted by molar-refractivity contribution is -0.154. The standard InChI is InChI=1S/C10H14O7S/c1-9(7(11)12)3-6(18(15,16)17)4-10(2,5-9)8(13)14/h3H,4-5H2,1-2H3,(H,11,12)(H,13,14)(H,15,16,17). The fourth-order valence-electron chi connectivity index (χ4n) is 2.17. The molecule has 0 aromatic carbocycles. The van der Waals surface area contributed by atoms with Gasteiger partial charge in [-0.3, -0.25) is 14.1 Å². The molecule has 7 nitrogen and oxygen atoms in total. The maximum Gasteiger partial charge on any atom is 0.313 e. The van der Waals surface area contributed by atoms with Crippen LogP contribution in [-0.4, -0.2) is 35.1 Å². The predicted molar refractivity (Wildman–Crippen MR) is 60.4 cm³/mol. The van der Waals surface area contributed by atoms with Gasteiger partial charge in [-0.25, -0.2) is 0 Å². The lowest BCUT2D eigenvalue weighted by atomic mass is 9.67. The molecule has 0 aliphatic heterocycles. The lowest BCUT2D eigenvalue weighted by Gasteiger charge is -2.37. The molecule has 3 N–H and O–H groups in total. The highest BCUT2D eigenvalue weighted by Gasteiger charge is 2.49. The van der Waals surface area contributed by atoms with Crippen LogP contribution in [0.5, 0.6) is 0 Å². The van der Waals surface area contributed by atoms with Gasteiger partial charge < -0.3 is 10.2 Å². The molecule has 0 amide bonds. The topological polar surface area (TPSA) is 129 Å². The quantitative estimate of drug-likeness (QED) is 0.649. The zero-order valence-corrected chi connectivity index (χ0v) is 10.7. The van der Waals surface area contributed by atoms with Crippen LogP contribution in [0.2, 0.25) is 0 Å². The van der Waals surface area contributed by atoms with E-state index in [2.05, 4.69) is 0 Å². The van der Waals surface area contributed by atoms with E-state index in [9.17, 15) is 18.0 Å². The van der Waals surface area contributed by atoms with Gasteiger partial charge in [0, 0.05) is 6.42 Å². The maximum absolute atomic E-state index is 11.2. The second-order valence-electron chi connectivity index (χ2n) is 5.03. The summed E-state index contributed by atoms with van der Waals surface area (Å²) < 4.78 is 31.2. The van der Waals surface area contributed by atoms with Gasteiger partial charge >= 0.3 is 11.9 Å². The zero-order chi connectivity index (χ0) is 14.4. The molecule has 0 bridgehead atoms. The predicted octanol–water partition coefficient (Wildman–Crippen LogP) is 0.734. The molecule has 0 aromatic heterocycles. The smallest absolute Gasteiger partial charge is 0.313 e. The van der Waals surface area contributed by atoms with Gasteiger partial charge in [-0.1, -0.05) is 6.08 Å². The van der Waals surface area contributed by atoms with E-state index in [0.717, 1.165) is 6.08 Å². The number of carbonyl (C=O) groups is 2. The first-order valence-corrected chi connectivity index (χ1v) is 6.51. The molecular weight excluding hydrogens is 264 g/mol. The van der Waals surface area contributed by atoms with E-state index < -0.39 is 44.2 Å². The Morgan fingerprint density at radius 3 is 2.06 bits per heavy atom. The molecule has 2 atom stereocenters. The summed E-state index contributed by atoms with van der Waals surface area (Å²) in [5.41, 5.74) is -3.19. The van der Waals surface area contributed by atoms with Crippen LogP contribution in [0.1, 0.15) is 26.7 Å². The minimum atomic E-state index is -4.60. The van der Waals surface area contributed by atoms with Crippen LogP contribution in [0.4, 0.5) is 0 Å². The van der Waals surface area contributed by atoms with Crippen LogP contribution >= 0.6 is 0 Å². The fourth-order valence-corrected chi connectivity index (χ4v) is 3.08. The van der Waals surface area contributed by atoms with Crippen molar-refractivity contribution in [2.45, 2.75) is 26.7 Å². The van der Waals surface area contributed by atoms with Crippen LogP contribution in [0, 0.1) is 10.8 Å². The van der Waals surface area contributed by atoms with Gasteiger partial charge in [0.15, 0.2) is 0 Å². The number of carboxylic acid groups (broad SMARTS) is 2. The molecule has 0 radical (unpaired) electrons. The van der Waals surface area contributed by atoms with Crippen LogP contribution in [0.15, 0.2) is 11.0 Å². The average molecular weight is 278 g/mol. The summed E-state index contributed by atoms with van der Waals surface area (Å²) in [5, 5.41) is 18.2. The van der Waals surface area contributed by atoms with E-state index in [4.69, 9.17) is 14.8 Å². The van der Waals surface area contributed by atoms with Crippen molar-refractivity contribution in [3.05, 3.63) is 11.0 Å². The summed E-state index contributed by atoms with van der Waals surface area (Å²) in [6.45, 7) is 2.48. The highest BCUT2D eigenvalue weighted by molar-refractivity contribution is 7.89. The Hall–Kier alpha value is -1.41.